The Bertz CT molecular complexity index is 1100. The van der Waals surface area contributed by atoms with Crippen LogP contribution in [0.1, 0.15) is 27.9 Å². The number of benzene rings is 2. The summed E-state index contributed by atoms with van der Waals surface area (Å²) in [6.07, 6.45) is 1.80. The zero-order chi connectivity index (χ0) is 21.5. The Labute approximate surface area is 174 Å². The van der Waals surface area contributed by atoms with Crippen LogP contribution in [0.5, 0.6) is 0 Å². The summed E-state index contributed by atoms with van der Waals surface area (Å²) in [7, 11) is 0. The highest BCUT2D eigenvalue weighted by Gasteiger charge is 2.21. The first kappa shape index (κ1) is 20.8. The van der Waals surface area contributed by atoms with Gasteiger partial charge in [0, 0.05) is 18.3 Å². The number of carbonyl (C=O) groups excluding carboxylic acids is 2. The molecule has 0 fully saturated rings. The summed E-state index contributed by atoms with van der Waals surface area (Å²) in [6, 6.07) is 17.2. The third-order valence-corrected chi connectivity index (χ3v) is 4.63. The minimum Gasteiger partial charge on any atom is -0.452 e. The fraction of sp³-hybridized carbons (Fsp3) is 0.217. The number of aryl methyl sites for hydroxylation is 2. The number of amides is 1. The van der Waals surface area contributed by atoms with Gasteiger partial charge >= 0.3 is 5.97 Å². The van der Waals surface area contributed by atoms with Crippen molar-refractivity contribution < 1.29 is 14.3 Å². The van der Waals surface area contributed by atoms with E-state index in [1.165, 1.54) is 0 Å². The quantitative estimate of drug-likeness (QED) is 0.483. The van der Waals surface area contributed by atoms with Gasteiger partial charge in [0.05, 0.1) is 18.2 Å². The molecule has 0 unspecified atom stereocenters. The second kappa shape index (κ2) is 9.52. The molecule has 0 aliphatic heterocycles. The molecule has 2 aromatic carbocycles. The average molecular weight is 402 g/mol. The molecule has 1 aromatic heterocycles. The van der Waals surface area contributed by atoms with Gasteiger partial charge in [-0.05, 0) is 43.2 Å². The van der Waals surface area contributed by atoms with E-state index in [0.717, 1.165) is 22.4 Å². The SMILES string of the molecule is Cc1ccc(-c2nn(-c3ccccc3)cc2C(=O)OCC(=O)NCCC#N)cc1C. The number of nitriles is 1. The molecule has 3 rings (SSSR count). The lowest BCUT2D eigenvalue weighted by Crippen LogP contribution is -2.29. The first-order chi connectivity index (χ1) is 14.5. The van der Waals surface area contributed by atoms with E-state index in [0.29, 0.717) is 5.69 Å². The molecule has 30 heavy (non-hydrogen) atoms. The van der Waals surface area contributed by atoms with E-state index in [4.69, 9.17) is 10.00 Å². The Balaban J connectivity index is 1.89. The number of aromatic nitrogens is 2. The number of ether oxygens (including phenoxy) is 1. The third-order valence-electron chi connectivity index (χ3n) is 4.63. The maximum Gasteiger partial charge on any atom is 0.342 e. The lowest BCUT2D eigenvalue weighted by Gasteiger charge is -2.07. The normalized spacial score (nSPS) is 10.3. The Morgan fingerprint density at radius 3 is 2.60 bits per heavy atom. The highest BCUT2D eigenvalue weighted by Crippen LogP contribution is 2.26. The summed E-state index contributed by atoms with van der Waals surface area (Å²) in [6.45, 7) is 3.80. The largest absolute Gasteiger partial charge is 0.452 e. The number of esters is 1. The zero-order valence-corrected chi connectivity index (χ0v) is 16.9. The van der Waals surface area contributed by atoms with Crippen molar-refractivity contribution in [1.82, 2.24) is 15.1 Å². The molecule has 1 amide bonds. The fourth-order valence-corrected chi connectivity index (χ4v) is 2.86. The molecule has 152 valence electrons. The highest BCUT2D eigenvalue weighted by atomic mass is 16.5. The van der Waals surface area contributed by atoms with E-state index < -0.39 is 18.5 Å². The third kappa shape index (κ3) is 4.92. The van der Waals surface area contributed by atoms with Crippen LogP contribution >= 0.6 is 0 Å². The zero-order valence-electron chi connectivity index (χ0n) is 16.9. The minimum absolute atomic E-state index is 0.195. The second-order valence-corrected chi connectivity index (χ2v) is 6.80. The predicted octanol–water partition coefficient (Wildman–Crippen LogP) is 3.34. The van der Waals surface area contributed by atoms with Crippen LogP contribution < -0.4 is 5.32 Å². The molecule has 7 nitrogen and oxygen atoms in total. The smallest absolute Gasteiger partial charge is 0.342 e. The molecule has 0 saturated heterocycles. The number of nitrogens with one attached hydrogen (secondary N) is 1. The Morgan fingerprint density at radius 1 is 1.13 bits per heavy atom. The van der Waals surface area contributed by atoms with E-state index in [1.54, 1.807) is 10.9 Å². The van der Waals surface area contributed by atoms with Gasteiger partial charge in [0.2, 0.25) is 0 Å². The van der Waals surface area contributed by atoms with Gasteiger partial charge in [0.25, 0.3) is 5.91 Å². The molecular formula is C23H22N4O3. The van der Waals surface area contributed by atoms with Crippen LogP contribution in [0.15, 0.2) is 54.7 Å². The van der Waals surface area contributed by atoms with Crippen LogP contribution in [0, 0.1) is 25.2 Å². The summed E-state index contributed by atoms with van der Waals surface area (Å²) >= 11 is 0. The number of rotatable bonds is 7. The predicted molar refractivity (Wildman–Crippen MR) is 112 cm³/mol. The first-order valence-electron chi connectivity index (χ1n) is 9.53. The molecule has 0 bridgehead atoms. The van der Waals surface area contributed by atoms with Crippen molar-refractivity contribution in [2.24, 2.45) is 0 Å². The maximum absolute atomic E-state index is 12.8. The topological polar surface area (TPSA) is 97.0 Å². The monoisotopic (exact) mass is 402 g/mol. The van der Waals surface area contributed by atoms with E-state index >= 15 is 0 Å². The summed E-state index contributed by atoms with van der Waals surface area (Å²) in [5.41, 5.74) is 4.57. The van der Waals surface area contributed by atoms with Crippen LogP contribution in [-0.4, -0.2) is 34.8 Å². The molecule has 1 N–H and O–H groups in total. The standard InChI is InChI=1S/C23H22N4O3/c1-16-9-10-18(13-17(16)2)22-20(14-27(26-22)19-7-4-3-5-8-19)23(29)30-15-21(28)25-12-6-11-24/h3-5,7-10,13-14H,6,12,15H2,1-2H3,(H,25,28). The van der Waals surface area contributed by atoms with E-state index in [9.17, 15) is 9.59 Å². The van der Waals surface area contributed by atoms with Gasteiger partial charge < -0.3 is 10.1 Å². The molecule has 0 aliphatic carbocycles. The van der Waals surface area contributed by atoms with E-state index in [2.05, 4.69) is 10.4 Å². The van der Waals surface area contributed by atoms with Crippen molar-refractivity contribution in [3.05, 3.63) is 71.4 Å². The maximum atomic E-state index is 12.8. The van der Waals surface area contributed by atoms with Gasteiger partial charge in [0.15, 0.2) is 6.61 Å². The van der Waals surface area contributed by atoms with Gasteiger partial charge in [-0.25, -0.2) is 9.48 Å². The molecule has 0 spiro atoms. The van der Waals surface area contributed by atoms with Crippen molar-refractivity contribution in [3.63, 3.8) is 0 Å². The highest BCUT2D eigenvalue weighted by molar-refractivity contribution is 5.97. The fourth-order valence-electron chi connectivity index (χ4n) is 2.86. The Kier molecular flexibility index (Phi) is 6.60. The van der Waals surface area contributed by atoms with E-state index in [-0.39, 0.29) is 18.5 Å². The number of carbonyl (C=O) groups is 2. The van der Waals surface area contributed by atoms with Crippen LogP contribution in [0.3, 0.4) is 0 Å². The van der Waals surface area contributed by atoms with Crippen molar-refractivity contribution in [2.45, 2.75) is 20.3 Å². The Hall–Kier alpha value is -3.92. The van der Waals surface area contributed by atoms with E-state index in [1.807, 2.05) is 68.4 Å². The van der Waals surface area contributed by atoms with Gasteiger partial charge in [-0.1, -0.05) is 30.3 Å². The number of nitrogens with zero attached hydrogens (tertiary/aromatic N) is 3. The summed E-state index contributed by atoms with van der Waals surface area (Å²) in [4.78, 5) is 24.6. The molecule has 0 aliphatic rings. The molecular weight excluding hydrogens is 380 g/mol. The van der Waals surface area contributed by atoms with Crippen LogP contribution in [-0.2, 0) is 9.53 Å². The first-order valence-corrected chi connectivity index (χ1v) is 9.53. The van der Waals surface area contributed by atoms with Crippen LogP contribution in [0.4, 0.5) is 0 Å². The second-order valence-electron chi connectivity index (χ2n) is 6.80. The molecule has 1 heterocycles. The summed E-state index contributed by atoms with van der Waals surface area (Å²) < 4.78 is 6.82. The average Bonchev–Trinajstić information content (AvgIpc) is 3.20. The molecule has 0 radical (unpaired) electrons. The lowest BCUT2D eigenvalue weighted by atomic mass is 10.0. The number of para-hydroxylation sites is 1. The van der Waals surface area contributed by atoms with Crippen LogP contribution in [0.25, 0.3) is 16.9 Å². The minimum atomic E-state index is -0.638. The van der Waals surface area contributed by atoms with Crippen molar-refractivity contribution in [2.75, 3.05) is 13.2 Å². The van der Waals surface area contributed by atoms with Gasteiger partial charge in [-0.2, -0.15) is 10.4 Å². The van der Waals surface area contributed by atoms with Crippen molar-refractivity contribution in [1.29, 1.82) is 5.26 Å². The van der Waals surface area contributed by atoms with Gasteiger partial charge in [0.1, 0.15) is 11.3 Å². The summed E-state index contributed by atoms with van der Waals surface area (Å²) in [5, 5.41) is 15.7. The Morgan fingerprint density at radius 2 is 1.90 bits per heavy atom. The summed E-state index contributed by atoms with van der Waals surface area (Å²) in [5.74, 6) is -1.09. The number of hydrogen-bond donors (Lipinski definition) is 1. The van der Waals surface area contributed by atoms with Gasteiger partial charge in [-0.3, -0.25) is 4.79 Å². The molecule has 0 saturated carbocycles. The molecule has 3 aromatic rings. The number of hydrogen-bond acceptors (Lipinski definition) is 5. The molecule has 0 atom stereocenters. The van der Waals surface area contributed by atoms with Gasteiger partial charge in [-0.15, -0.1) is 0 Å². The lowest BCUT2D eigenvalue weighted by molar-refractivity contribution is -0.124. The molecule has 7 heteroatoms. The van der Waals surface area contributed by atoms with Crippen molar-refractivity contribution >= 4 is 11.9 Å². The van der Waals surface area contributed by atoms with Crippen molar-refractivity contribution in [3.8, 4) is 23.0 Å². The van der Waals surface area contributed by atoms with Crippen LogP contribution in [0.2, 0.25) is 0 Å².